The van der Waals surface area contributed by atoms with Crippen molar-refractivity contribution in [1.82, 2.24) is 4.98 Å². The van der Waals surface area contributed by atoms with Crippen molar-refractivity contribution in [2.24, 2.45) is 0 Å². The van der Waals surface area contributed by atoms with Gasteiger partial charge in [0.05, 0.1) is 5.02 Å². The summed E-state index contributed by atoms with van der Waals surface area (Å²) in [6.45, 7) is 1.90. The standard InChI is InChI=1S/C16H12Cl2N2O/c1-9-6-7-10(17)8-13(9)20-16(21)15-14(18)11-4-2-3-5-12(11)19-15/h2-8,19H,1H3,(H,20,21). The largest absolute Gasteiger partial charge is 0.349 e. The van der Waals surface area contributed by atoms with Crippen LogP contribution >= 0.6 is 23.2 Å². The predicted octanol–water partition coefficient (Wildman–Crippen LogP) is 5.04. The van der Waals surface area contributed by atoms with Crippen LogP contribution in [0.2, 0.25) is 10.0 Å². The fourth-order valence-corrected chi connectivity index (χ4v) is 2.65. The second-order valence-corrected chi connectivity index (χ2v) is 5.59. The number of aryl methyl sites for hydroxylation is 1. The number of aromatic nitrogens is 1. The lowest BCUT2D eigenvalue weighted by molar-refractivity contribution is 0.102. The van der Waals surface area contributed by atoms with Crippen LogP contribution in [0.1, 0.15) is 16.1 Å². The summed E-state index contributed by atoms with van der Waals surface area (Å²) in [5.74, 6) is -0.290. The average Bonchev–Trinajstić information content (AvgIpc) is 2.81. The first-order chi connectivity index (χ1) is 10.1. The van der Waals surface area contributed by atoms with Crippen molar-refractivity contribution in [3.8, 4) is 0 Å². The van der Waals surface area contributed by atoms with Crippen LogP contribution in [-0.2, 0) is 0 Å². The highest BCUT2D eigenvalue weighted by Crippen LogP contribution is 2.28. The summed E-state index contributed by atoms with van der Waals surface area (Å²) in [4.78, 5) is 15.4. The minimum atomic E-state index is -0.290. The highest BCUT2D eigenvalue weighted by molar-refractivity contribution is 6.39. The summed E-state index contributed by atoms with van der Waals surface area (Å²) in [6.07, 6.45) is 0. The van der Waals surface area contributed by atoms with Crippen LogP contribution in [0.4, 0.5) is 5.69 Å². The fourth-order valence-electron chi connectivity index (χ4n) is 2.18. The zero-order chi connectivity index (χ0) is 15.0. The predicted molar refractivity (Wildman–Crippen MR) is 87.5 cm³/mol. The molecular weight excluding hydrogens is 307 g/mol. The highest BCUT2D eigenvalue weighted by Gasteiger charge is 2.16. The number of aromatic amines is 1. The summed E-state index contributed by atoms with van der Waals surface area (Å²) < 4.78 is 0. The Kier molecular flexibility index (Phi) is 3.62. The average molecular weight is 319 g/mol. The van der Waals surface area contributed by atoms with E-state index in [4.69, 9.17) is 23.2 Å². The van der Waals surface area contributed by atoms with Crippen LogP contribution in [0.25, 0.3) is 10.9 Å². The molecule has 2 N–H and O–H groups in total. The number of hydrogen-bond donors (Lipinski definition) is 2. The Morgan fingerprint density at radius 1 is 1.14 bits per heavy atom. The van der Waals surface area contributed by atoms with E-state index in [-0.39, 0.29) is 5.91 Å². The Labute approximate surface area is 131 Å². The first-order valence-electron chi connectivity index (χ1n) is 6.40. The van der Waals surface area contributed by atoms with E-state index in [0.29, 0.717) is 21.4 Å². The number of nitrogens with one attached hydrogen (secondary N) is 2. The number of rotatable bonds is 2. The molecule has 0 spiro atoms. The second-order valence-electron chi connectivity index (χ2n) is 4.77. The van der Waals surface area contributed by atoms with E-state index >= 15 is 0 Å². The van der Waals surface area contributed by atoms with Crippen molar-refractivity contribution in [1.29, 1.82) is 0 Å². The van der Waals surface area contributed by atoms with Crippen molar-refractivity contribution in [2.45, 2.75) is 6.92 Å². The van der Waals surface area contributed by atoms with Crippen LogP contribution in [0.15, 0.2) is 42.5 Å². The number of benzene rings is 2. The molecule has 0 fully saturated rings. The Morgan fingerprint density at radius 3 is 2.67 bits per heavy atom. The Balaban J connectivity index is 1.97. The Bertz CT molecular complexity index is 839. The normalized spacial score (nSPS) is 10.8. The third kappa shape index (κ3) is 2.62. The minimum absolute atomic E-state index is 0.290. The molecule has 3 nitrogen and oxygen atoms in total. The van der Waals surface area contributed by atoms with Crippen LogP contribution in [0.3, 0.4) is 0 Å². The van der Waals surface area contributed by atoms with E-state index in [1.165, 1.54) is 0 Å². The zero-order valence-corrected chi connectivity index (χ0v) is 12.7. The third-order valence-corrected chi connectivity index (χ3v) is 3.95. The van der Waals surface area contributed by atoms with Crippen LogP contribution in [0.5, 0.6) is 0 Å². The molecule has 0 aliphatic heterocycles. The van der Waals surface area contributed by atoms with Crippen molar-refractivity contribution in [2.75, 3.05) is 5.32 Å². The molecule has 0 saturated carbocycles. The van der Waals surface area contributed by atoms with Gasteiger partial charge in [-0.15, -0.1) is 0 Å². The minimum Gasteiger partial charge on any atom is -0.349 e. The molecule has 1 aromatic heterocycles. The van der Waals surface area contributed by atoms with E-state index in [1.54, 1.807) is 12.1 Å². The van der Waals surface area contributed by atoms with E-state index in [9.17, 15) is 4.79 Å². The van der Waals surface area contributed by atoms with Gasteiger partial charge in [-0.05, 0) is 30.7 Å². The van der Waals surface area contributed by atoms with Crippen LogP contribution in [0, 0.1) is 6.92 Å². The van der Waals surface area contributed by atoms with Gasteiger partial charge in [0.15, 0.2) is 0 Å². The number of para-hydroxylation sites is 1. The monoisotopic (exact) mass is 318 g/mol. The maximum atomic E-state index is 12.4. The lowest BCUT2D eigenvalue weighted by Crippen LogP contribution is -2.13. The number of amides is 1. The van der Waals surface area contributed by atoms with Crippen molar-refractivity contribution < 1.29 is 4.79 Å². The summed E-state index contributed by atoms with van der Waals surface area (Å²) in [5, 5.41) is 4.64. The van der Waals surface area contributed by atoms with Gasteiger partial charge in [0.2, 0.25) is 0 Å². The molecule has 0 unspecified atom stereocenters. The number of hydrogen-bond acceptors (Lipinski definition) is 1. The van der Waals surface area contributed by atoms with Gasteiger partial charge in [0.25, 0.3) is 5.91 Å². The Hall–Kier alpha value is -1.97. The number of fused-ring (bicyclic) bond motifs is 1. The fraction of sp³-hybridized carbons (Fsp3) is 0.0625. The number of carbonyl (C=O) groups is 1. The molecule has 0 atom stereocenters. The quantitative estimate of drug-likeness (QED) is 0.683. The number of H-pyrrole nitrogens is 1. The summed E-state index contributed by atoms with van der Waals surface area (Å²) >= 11 is 12.2. The maximum absolute atomic E-state index is 12.4. The van der Waals surface area contributed by atoms with Gasteiger partial charge in [0.1, 0.15) is 5.69 Å². The molecule has 106 valence electrons. The smallest absolute Gasteiger partial charge is 0.273 e. The molecule has 0 aliphatic carbocycles. The van der Waals surface area contributed by atoms with Gasteiger partial charge in [0, 0.05) is 21.6 Å². The number of halogens is 2. The molecule has 3 rings (SSSR count). The van der Waals surface area contributed by atoms with E-state index in [2.05, 4.69) is 10.3 Å². The van der Waals surface area contributed by atoms with Crippen molar-refractivity contribution in [3.05, 3.63) is 63.8 Å². The van der Waals surface area contributed by atoms with Crippen LogP contribution < -0.4 is 5.32 Å². The topological polar surface area (TPSA) is 44.9 Å². The molecule has 0 saturated heterocycles. The molecule has 5 heteroatoms. The zero-order valence-electron chi connectivity index (χ0n) is 11.2. The molecule has 1 heterocycles. The number of anilines is 1. The lowest BCUT2D eigenvalue weighted by atomic mass is 10.2. The van der Waals surface area contributed by atoms with Gasteiger partial charge in [-0.1, -0.05) is 47.5 Å². The maximum Gasteiger partial charge on any atom is 0.273 e. The molecule has 0 radical (unpaired) electrons. The molecular formula is C16H12Cl2N2O. The SMILES string of the molecule is Cc1ccc(Cl)cc1NC(=O)c1[nH]c2ccccc2c1Cl. The lowest BCUT2D eigenvalue weighted by Gasteiger charge is -2.08. The molecule has 21 heavy (non-hydrogen) atoms. The molecule has 0 bridgehead atoms. The van der Waals surface area contributed by atoms with E-state index in [0.717, 1.165) is 16.5 Å². The van der Waals surface area contributed by atoms with Crippen molar-refractivity contribution in [3.63, 3.8) is 0 Å². The first kappa shape index (κ1) is 14.0. The Morgan fingerprint density at radius 2 is 1.90 bits per heavy atom. The van der Waals surface area contributed by atoms with E-state index in [1.807, 2.05) is 37.3 Å². The molecule has 2 aromatic carbocycles. The highest BCUT2D eigenvalue weighted by atomic mass is 35.5. The van der Waals surface area contributed by atoms with Crippen molar-refractivity contribution >= 4 is 45.7 Å². The van der Waals surface area contributed by atoms with Crippen LogP contribution in [-0.4, -0.2) is 10.9 Å². The van der Waals surface area contributed by atoms with Gasteiger partial charge in [-0.3, -0.25) is 4.79 Å². The summed E-state index contributed by atoms with van der Waals surface area (Å²) in [7, 11) is 0. The third-order valence-electron chi connectivity index (χ3n) is 3.32. The van der Waals surface area contributed by atoms with Gasteiger partial charge >= 0.3 is 0 Å². The first-order valence-corrected chi connectivity index (χ1v) is 7.15. The van der Waals surface area contributed by atoms with Gasteiger partial charge in [-0.2, -0.15) is 0 Å². The van der Waals surface area contributed by atoms with E-state index < -0.39 is 0 Å². The van der Waals surface area contributed by atoms with Gasteiger partial charge in [-0.25, -0.2) is 0 Å². The summed E-state index contributed by atoms with van der Waals surface area (Å²) in [6, 6.07) is 12.9. The molecule has 3 aromatic rings. The van der Waals surface area contributed by atoms with Gasteiger partial charge < -0.3 is 10.3 Å². The molecule has 0 aliphatic rings. The number of carbonyl (C=O) groups excluding carboxylic acids is 1. The molecule has 1 amide bonds. The second kappa shape index (κ2) is 5.43. The summed E-state index contributed by atoms with van der Waals surface area (Å²) in [5.41, 5.74) is 2.77.